The number of piperidine rings is 1. The van der Waals surface area contributed by atoms with Crippen molar-refractivity contribution in [2.75, 3.05) is 20.1 Å². The van der Waals surface area contributed by atoms with E-state index in [-0.39, 0.29) is 0 Å². The third-order valence-electron chi connectivity index (χ3n) is 7.14. The van der Waals surface area contributed by atoms with Crippen LogP contribution in [-0.2, 0) is 0 Å². The van der Waals surface area contributed by atoms with Crippen molar-refractivity contribution in [2.24, 2.45) is 22.2 Å². The maximum Gasteiger partial charge on any atom is -0.00162 e. The Kier molecular flexibility index (Phi) is 4.09. The van der Waals surface area contributed by atoms with E-state index in [1.165, 1.54) is 51.6 Å². The molecule has 1 saturated carbocycles. The molecule has 0 N–H and O–H groups in total. The number of likely N-dealkylation sites (tertiary alicyclic amines) is 1. The van der Waals surface area contributed by atoms with E-state index < -0.39 is 0 Å². The van der Waals surface area contributed by atoms with Gasteiger partial charge in [-0.15, -0.1) is 0 Å². The van der Waals surface area contributed by atoms with Crippen molar-refractivity contribution in [2.45, 2.75) is 73.1 Å². The summed E-state index contributed by atoms with van der Waals surface area (Å²) in [6.45, 7) is 15.1. The van der Waals surface area contributed by atoms with Gasteiger partial charge in [0.2, 0.25) is 0 Å². The van der Waals surface area contributed by atoms with Gasteiger partial charge in [-0.25, -0.2) is 0 Å². The summed E-state index contributed by atoms with van der Waals surface area (Å²) in [6.07, 6.45) is 8.76. The SMILES string of the molecule is CN1CCC(C2CCCC2)(C(C)(C)C(C)(C)C)CC1. The van der Waals surface area contributed by atoms with Crippen molar-refractivity contribution in [1.82, 2.24) is 4.90 Å². The summed E-state index contributed by atoms with van der Waals surface area (Å²) in [7, 11) is 2.29. The Bertz CT molecular complexity index is 296. The Morgan fingerprint density at radius 3 is 1.79 bits per heavy atom. The minimum atomic E-state index is 0.394. The summed E-state index contributed by atoms with van der Waals surface area (Å²) in [5.41, 5.74) is 1.40. The Hall–Kier alpha value is -0.0400. The van der Waals surface area contributed by atoms with Gasteiger partial charge in [0.05, 0.1) is 0 Å². The first-order chi connectivity index (χ1) is 8.71. The van der Waals surface area contributed by atoms with Crippen LogP contribution in [-0.4, -0.2) is 25.0 Å². The van der Waals surface area contributed by atoms with Crippen LogP contribution in [0.2, 0.25) is 0 Å². The van der Waals surface area contributed by atoms with Crippen LogP contribution in [0.25, 0.3) is 0 Å². The van der Waals surface area contributed by atoms with Gasteiger partial charge < -0.3 is 4.90 Å². The molecule has 1 heteroatoms. The smallest absolute Gasteiger partial charge is 0.00162 e. The topological polar surface area (TPSA) is 3.24 Å². The normalized spacial score (nSPS) is 26.8. The molecule has 0 bridgehead atoms. The Balaban J connectivity index is 2.34. The molecule has 2 rings (SSSR count). The summed E-state index contributed by atoms with van der Waals surface area (Å²) >= 11 is 0. The van der Waals surface area contributed by atoms with Gasteiger partial charge in [-0.1, -0.05) is 47.5 Å². The monoisotopic (exact) mass is 265 g/mol. The Morgan fingerprint density at radius 2 is 1.37 bits per heavy atom. The summed E-state index contributed by atoms with van der Waals surface area (Å²) in [6, 6.07) is 0. The fraction of sp³-hybridized carbons (Fsp3) is 1.00. The first-order valence-electron chi connectivity index (χ1n) is 8.39. The van der Waals surface area contributed by atoms with Crippen LogP contribution in [0.5, 0.6) is 0 Å². The van der Waals surface area contributed by atoms with Gasteiger partial charge in [-0.3, -0.25) is 0 Å². The highest BCUT2D eigenvalue weighted by atomic mass is 15.1. The first kappa shape index (κ1) is 15.4. The molecule has 2 aliphatic rings. The molecule has 2 fully saturated rings. The highest BCUT2D eigenvalue weighted by Gasteiger charge is 2.55. The second kappa shape index (κ2) is 5.06. The number of nitrogens with zero attached hydrogens (tertiary/aromatic N) is 1. The zero-order valence-corrected chi connectivity index (χ0v) is 14.2. The van der Waals surface area contributed by atoms with Crippen LogP contribution >= 0.6 is 0 Å². The third-order valence-corrected chi connectivity index (χ3v) is 7.14. The number of hydrogen-bond acceptors (Lipinski definition) is 1. The molecule has 0 aromatic rings. The molecule has 0 aromatic carbocycles. The lowest BCUT2D eigenvalue weighted by molar-refractivity contribution is -0.108. The highest BCUT2D eigenvalue weighted by Crippen LogP contribution is 2.62. The average Bonchev–Trinajstić information content (AvgIpc) is 2.82. The van der Waals surface area contributed by atoms with Gasteiger partial charge in [0.1, 0.15) is 0 Å². The van der Waals surface area contributed by atoms with E-state index in [0.717, 1.165) is 5.92 Å². The van der Waals surface area contributed by atoms with Crippen LogP contribution in [0.4, 0.5) is 0 Å². The largest absolute Gasteiger partial charge is 0.306 e. The Morgan fingerprint density at radius 1 is 0.895 bits per heavy atom. The van der Waals surface area contributed by atoms with Gasteiger partial charge in [-0.05, 0) is 68.0 Å². The molecule has 0 amide bonds. The molecular formula is C18H35N. The van der Waals surface area contributed by atoms with Gasteiger partial charge in [0.15, 0.2) is 0 Å². The van der Waals surface area contributed by atoms with Gasteiger partial charge in [0.25, 0.3) is 0 Å². The fourth-order valence-electron chi connectivity index (χ4n) is 4.79. The van der Waals surface area contributed by atoms with E-state index in [1.54, 1.807) is 0 Å². The lowest BCUT2D eigenvalue weighted by Gasteiger charge is -2.60. The maximum absolute atomic E-state index is 2.57. The molecule has 0 radical (unpaired) electrons. The molecule has 1 nitrogen and oxygen atoms in total. The molecule has 1 aliphatic carbocycles. The van der Waals surface area contributed by atoms with E-state index in [0.29, 0.717) is 16.2 Å². The van der Waals surface area contributed by atoms with Gasteiger partial charge in [-0.2, -0.15) is 0 Å². The van der Waals surface area contributed by atoms with Gasteiger partial charge >= 0.3 is 0 Å². The van der Waals surface area contributed by atoms with E-state index >= 15 is 0 Å². The van der Waals surface area contributed by atoms with Crippen molar-refractivity contribution in [3.8, 4) is 0 Å². The molecule has 1 heterocycles. The molecule has 0 unspecified atom stereocenters. The van der Waals surface area contributed by atoms with Crippen LogP contribution in [0.1, 0.15) is 73.1 Å². The predicted octanol–water partition coefficient (Wildman–Crippen LogP) is 4.96. The molecule has 1 saturated heterocycles. The number of rotatable bonds is 2. The molecule has 112 valence electrons. The molecular weight excluding hydrogens is 230 g/mol. The highest BCUT2D eigenvalue weighted by molar-refractivity contribution is 5.05. The molecule has 0 spiro atoms. The van der Waals surface area contributed by atoms with Crippen LogP contribution in [0, 0.1) is 22.2 Å². The average molecular weight is 265 g/mol. The summed E-state index contributed by atoms with van der Waals surface area (Å²) < 4.78 is 0. The van der Waals surface area contributed by atoms with E-state index in [2.05, 4.69) is 46.6 Å². The second-order valence-corrected chi connectivity index (χ2v) is 8.82. The maximum atomic E-state index is 2.57. The number of hydrogen-bond donors (Lipinski definition) is 0. The zero-order valence-electron chi connectivity index (χ0n) is 14.2. The minimum absolute atomic E-state index is 0.394. The van der Waals surface area contributed by atoms with E-state index in [9.17, 15) is 0 Å². The van der Waals surface area contributed by atoms with Crippen molar-refractivity contribution >= 4 is 0 Å². The predicted molar refractivity (Wildman–Crippen MR) is 84.4 cm³/mol. The molecule has 19 heavy (non-hydrogen) atoms. The van der Waals surface area contributed by atoms with Crippen LogP contribution in [0.3, 0.4) is 0 Å². The summed E-state index contributed by atoms with van der Waals surface area (Å²) in [5.74, 6) is 0.982. The molecule has 0 atom stereocenters. The van der Waals surface area contributed by atoms with Crippen molar-refractivity contribution in [3.05, 3.63) is 0 Å². The Labute approximate surface area is 121 Å². The lowest BCUT2D eigenvalue weighted by atomic mass is 9.47. The van der Waals surface area contributed by atoms with Crippen LogP contribution in [0.15, 0.2) is 0 Å². The third kappa shape index (κ3) is 2.48. The standard InChI is InChI=1S/C18H35N/c1-16(2,3)17(4,5)18(15-9-7-8-10-15)11-13-19(6)14-12-18/h15H,7-14H2,1-6H3. The fourth-order valence-corrected chi connectivity index (χ4v) is 4.79. The van der Waals surface area contributed by atoms with Crippen LogP contribution < -0.4 is 0 Å². The molecule has 1 aliphatic heterocycles. The van der Waals surface area contributed by atoms with Crippen molar-refractivity contribution in [3.63, 3.8) is 0 Å². The second-order valence-electron chi connectivity index (χ2n) is 8.82. The summed E-state index contributed by atoms with van der Waals surface area (Å²) in [4.78, 5) is 2.53. The van der Waals surface area contributed by atoms with Crippen molar-refractivity contribution in [1.29, 1.82) is 0 Å². The lowest BCUT2D eigenvalue weighted by Crippen LogP contribution is -2.55. The quantitative estimate of drug-likeness (QED) is 0.682. The zero-order chi connectivity index (χ0) is 14.3. The van der Waals surface area contributed by atoms with Crippen molar-refractivity contribution < 1.29 is 0 Å². The first-order valence-corrected chi connectivity index (χ1v) is 8.39. The van der Waals surface area contributed by atoms with E-state index in [1.807, 2.05) is 0 Å². The minimum Gasteiger partial charge on any atom is -0.306 e. The van der Waals surface area contributed by atoms with E-state index in [4.69, 9.17) is 0 Å². The van der Waals surface area contributed by atoms with Gasteiger partial charge in [0, 0.05) is 0 Å². The molecule has 0 aromatic heterocycles. The summed E-state index contributed by atoms with van der Waals surface area (Å²) in [5, 5.41) is 0.